The molecule has 0 saturated heterocycles. The highest BCUT2D eigenvalue weighted by atomic mass is 16.1. The van der Waals surface area contributed by atoms with Crippen molar-refractivity contribution in [3.8, 4) is 11.8 Å². The van der Waals surface area contributed by atoms with Crippen molar-refractivity contribution in [1.29, 1.82) is 5.26 Å². The molecule has 4 aromatic rings. The number of hydrogen-bond acceptors (Lipinski definition) is 8. The monoisotopic (exact) mass is 426 g/mol. The highest BCUT2D eigenvalue weighted by Crippen LogP contribution is 2.27. The third-order valence-corrected chi connectivity index (χ3v) is 5.24. The molecule has 2 aromatic carbocycles. The molecule has 5 N–H and O–H groups in total. The van der Waals surface area contributed by atoms with Crippen molar-refractivity contribution in [1.82, 2.24) is 19.5 Å². The zero-order valence-corrected chi connectivity index (χ0v) is 17.7. The van der Waals surface area contributed by atoms with Gasteiger partial charge < -0.3 is 16.8 Å². The second-order valence-electron chi connectivity index (χ2n) is 7.32. The molecule has 160 valence electrons. The minimum absolute atomic E-state index is 0.0140. The number of para-hydroxylation sites is 1. The van der Waals surface area contributed by atoms with E-state index in [2.05, 4.69) is 15.3 Å². The third kappa shape index (κ3) is 3.58. The van der Waals surface area contributed by atoms with Crippen LogP contribution in [0.3, 0.4) is 0 Å². The van der Waals surface area contributed by atoms with Crippen molar-refractivity contribution in [3.63, 3.8) is 0 Å². The van der Waals surface area contributed by atoms with Crippen LogP contribution in [0.15, 0.2) is 53.3 Å². The average Bonchev–Trinajstić information content (AvgIpc) is 2.77. The highest BCUT2D eigenvalue weighted by Gasteiger charge is 2.23. The van der Waals surface area contributed by atoms with Crippen LogP contribution < -0.4 is 22.3 Å². The Labute approximate surface area is 184 Å². The van der Waals surface area contributed by atoms with Gasteiger partial charge in [0.25, 0.3) is 5.56 Å². The molecule has 0 aliphatic rings. The minimum Gasteiger partial charge on any atom is -0.382 e. The number of benzene rings is 2. The fourth-order valence-corrected chi connectivity index (χ4v) is 3.70. The molecule has 4 rings (SSSR count). The van der Waals surface area contributed by atoms with Crippen LogP contribution in [0.1, 0.15) is 36.3 Å². The lowest BCUT2D eigenvalue weighted by Crippen LogP contribution is -2.29. The van der Waals surface area contributed by atoms with Gasteiger partial charge in [-0.2, -0.15) is 15.2 Å². The molecule has 2 aromatic heterocycles. The summed E-state index contributed by atoms with van der Waals surface area (Å²) in [6, 6.07) is 16.4. The highest BCUT2D eigenvalue weighted by molar-refractivity contribution is 5.81. The van der Waals surface area contributed by atoms with E-state index in [1.54, 1.807) is 4.57 Å². The van der Waals surface area contributed by atoms with E-state index >= 15 is 0 Å². The van der Waals surface area contributed by atoms with E-state index in [-0.39, 0.29) is 28.7 Å². The van der Waals surface area contributed by atoms with Crippen LogP contribution in [-0.2, 0) is 0 Å². The van der Waals surface area contributed by atoms with Gasteiger partial charge in [0, 0.05) is 0 Å². The summed E-state index contributed by atoms with van der Waals surface area (Å²) in [5.74, 6) is 0.616. The first-order valence-electron chi connectivity index (χ1n) is 10.1. The Morgan fingerprint density at radius 1 is 1.09 bits per heavy atom. The fraction of sp³-hybridized carbons (Fsp3) is 0.174. The van der Waals surface area contributed by atoms with E-state index in [1.165, 1.54) is 0 Å². The molecule has 0 unspecified atom stereocenters. The maximum absolute atomic E-state index is 13.7. The van der Waals surface area contributed by atoms with Crippen molar-refractivity contribution < 1.29 is 0 Å². The standard InChI is InChI=1S/C23H22N8O/c1-3-16(27-20-15(12-24)19(25)29-23(26)30-20)21-28-17-11-7-8-13(2)18(17)22(32)31(21)14-9-5-4-6-10-14/h4-11,16H,3H2,1-2H3,(H5,25,26,27,29,30)/t16-/m0/s1. The quantitative estimate of drug-likeness (QED) is 0.441. The second-order valence-corrected chi connectivity index (χ2v) is 7.32. The lowest BCUT2D eigenvalue weighted by atomic mass is 10.1. The Balaban J connectivity index is 1.97. The summed E-state index contributed by atoms with van der Waals surface area (Å²) < 4.78 is 1.59. The van der Waals surface area contributed by atoms with E-state index in [1.807, 2.05) is 68.4 Å². The summed E-state index contributed by atoms with van der Waals surface area (Å²) in [6.07, 6.45) is 0.547. The summed E-state index contributed by atoms with van der Waals surface area (Å²) in [7, 11) is 0. The molecule has 9 nitrogen and oxygen atoms in total. The van der Waals surface area contributed by atoms with Crippen molar-refractivity contribution in [2.45, 2.75) is 26.3 Å². The molecule has 9 heteroatoms. The van der Waals surface area contributed by atoms with Crippen LogP contribution >= 0.6 is 0 Å². The number of rotatable bonds is 5. The van der Waals surface area contributed by atoms with Gasteiger partial charge in [-0.15, -0.1) is 0 Å². The van der Waals surface area contributed by atoms with Crippen LogP contribution in [0, 0.1) is 18.3 Å². The van der Waals surface area contributed by atoms with E-state index in [0.717, 1.165) is 5.56 Å². The van der Waals surface area contributed by atoms with E-state index in [9.17, 15) is 10.1 Å². The van der Waals surface area contributed by atoms with Crippen molar-refractivity contribution in [2.24, 2.45) is 0 Å². The number of nitrogens with zero attached hydrogens (tertiary/aromatic N) is 5. The van der Waals surface area contributed by atoms with Gasteiger partial charge in [0.2, 0.25) is 5.95 Å². The zero-order chi connectivity index (χ0) is 22.8. The van der Waals surface area contributed by atoms with Gasteiger partial charge in [0.1, 0.15) is 23.3 Å². The number of nitrogen functional groups attached to an aromatic ring is 2. The van der Waals surface area contributed by atoms with Gasteiger partial charge >= 0.3 is 0 Å². The smallest absolute Gasteiger partial charge is 0.266 e. The summed E-state index contributed by atoms with van der Waals surface area (Å²) in [4.78, 5) is 26.5. The molecule has 0 radical (unpaired) electrons. The van der Waals surface area contributed by atoms with Crippen LogP contribution in [-0.4, -0.2) is 19.5 Å². The Morgan fingerprint density at radius 3 is 2.53 bits per heavy atom. The Bertz CT molecular complexity index is 1410. The molecular formula is C23H22N8O. The number of hydrogen-bond donors (Lipinski definition) is 3. The molecule has 0 aliphatic carbocycles. The minimum atomic E-state index is -0.464. The van der Waals surface area contributed by atoms with Gasteiger partial charge in [-0.25, -0.2) is 4.98 Å². The van der Waals surface area contributed by atoms with Crippen molar-refractivity contribution in [2.75, 3.05) is 16.8 Å². The Hall–Kier alpha value is -4.45. The van der Waals surface area contributed by atoms with Gasteiger partial charge in [-0.1, -0.05) is 37.3 Å². The lowest BCUT2D eigenvalue weighted by Gasteiger charge is -2.23. The number of anilines is 3. The summed E-state index contributed by atoms with van der Waals surface area (Å²) in [5, 5.41) is 13.3. The van der Waals surface area contributed by atoms with Crippen molar-refractivity contribution in [3.05, 3.63) is 75.8 Å². The van der Waals surface area contributed by atoms with Gasteiger partial charge in [0.15, 0.2) is 5.82 Å². The number of nitrogens with two attached hydrogens (primary N) is 2. The normalized spacial score (nSPS) is 11.8. The number of nitriles is 1. The number of fused-ring (bicyclic) bond motifs is 1. The molecule has 0 saturated carbocycles. The molecule has 0 bridgehead atoms. The van der Waals surface area contributed by atoms with Crippen LogP contribution in [0.2, 0.25) is 0 Å². The maximum atomic E-state index is 13.7. The van der Waals surface area contributed by atoms with E-state index in [0.29, 0.717) is 28.8 Å². The molecule has 2 heterocycles. The maximum Gasteiger partial charge on any atom is 0.266 e. The molecular weight excluding hydrogens is 404 g/mol. The average molecular weight is 426 g/mol. The lowest BCUT2D eigenvalue weighted by molar-refractivity contribution is 0.658. The topological polar surface area (TPSA) is 149 Å². The molecule has 0 amide bonds. The molecule has 32 heavy (non-hydrogen) atoms. The predicted octanol–water partition coefficient (Wildman–Crippen LogP) is 3.08. The summed E-state index contributed by atoms with van der Waals surface area (Å²) in [6.45, 7) is 3.83. The number of aryl methyl sites for hydroxylation is 1. The predicted molar refractivity (Wildman–Crippen MR) is 124 cm³/mol. The van der Waals surface area contributed by atoms with Gasteiger partial charge in [-0.05, 0) is 37.1 Å². The SMILES string of the molecule is CC[C@H](Nc1nc(N)nc(N)c1C#N)c1nc2cccc(C)c2c(=O)n1-c1ccccc1. The zero-order valence-electron chi connectivity index (χ0n) is 17.7. The molecule has 0 fully saturated rings. The summed E-state index contributed by atoms with van der Waals surface area (Å²) in [5.41, 5.74) is 13.7. The van der Waals surface area contributed by atoms with Crippen LogP contribution in [0.25, 0.3) is 16.6 Å². The van der Waals surface area contributed by atoms with Crippen LogP contribution in [0.5, 0.6) is 0 Å². The molecule has 0 aliphatic heterocycles. The van der Waals surface area contributed by atoms with Gasteiger partial charge in [-0.3, -0.25) is 9.36 Å². The molecule has 1 atom stereocenters. The Kier molecular flexibility index (Phi) is 5.43. The number of aromatic nitrogens is 4. The summed E-state index contributed by atoms with van der Waals surface area (Å²) >= 11 is 0. The largest absolute Gasteiger partial charge is 0.382 e. The van der Waals surface area contributed by atoms with Crippen molar-refractivity contribution >= 4 is 28.5 Å². The third-order valence-electron chi connectivity index (χ3n) is 5.24. The number of nitrogens with one attached hydrogen (secondary N) is 1. The van der Waals surface area contributed by atoms with Crippen LogP contribution in [0.4, 0.5) is 17.6 Å². The first-order chi connectivity index (χ1) is 15.4. The molecule has 0 spiro atoms. The van der Waals surface area contributed by atoms with E-state index in [4.69, 9.17) is 16.5 Å². The van der Waals surface area contributed by atoms with E-state index < -0.39 is 6.04 Å². The van der Waals surface area contributed by atoms with Gasteiger partial charge in [0.05, 0.1) is 22.6 Å². The Morgan fingerprint density at radius 2 is 1.84 bits per heavy atom. The first-order valence-corrected chi connectivity index (χ1v) is 10.1. The second kappa shape index (κ2) is 8.35. The fourth-order valence-electron chi connectivity index (χ4n) is 3.70. The first kappa shape index (κ1) is 20.8.